The number of nitrogens with zero attached hydrogens (tertiary/aromatic N) is 4. The van der Waals surface area contributed by atoms with Crippen molar-refractivity contribution in [3.8, 4) is 5.75 Å². The van der Waals surface area contributed by atoms with Crippen molar-refractivity contribution in [3.05, 3.63) is 36.4 Å². The topological polar surface area (TPSA) is 95.1 Å². The number of carbonyl (C=O) groups excluding carboxylic acids is 1. The molecule has 152 valence electrons. The van der Waals surface area contributed by atoms with Crippen LogP contribution in [-0.4, -0.2) is 62.2 Å². The Hall–Kier alpha value is -2.78. The van der Waals surface area contributed by atoms with Crippen LogP contribution in [0.1, 0.15) is 12.6 Å². The first kappa shape index (κ1) is 20.0. The Balaban J connectivity index is 1.75. The summed E-state index contributed by atoms with van der Waals surface area (Å²) < 4.78 is 17.5. The maximum absolute atomic E-state index is 12.6. The first-order chi connectivity index (χ1) is 13.6. The van der Waals surface area contributed by atoms with E-state index in [1.165, 1.54) is 4.68 Å². The Bertz CT molecular complexity index is 794. The van der Waals surface area contributed by atoms with Gasteiger partial charge in [0.15, 0.2) is 0 Å². The van der Waals surface area contributed by atoms with Gasteiger partial charge >= 0.3 is 0 Å². The highest BCUT2D eigenvalue weighted by Crippen LogP contribution is 2.36. The lowest BCUT2D eigenvalue weighted by Gasteiger charge is -2.32. The molecule has 2 aromatic rings. The van der Waals surface area contributed by atoms with Crippen molar-refractivity contribution in [2.45, 2.75) is 13.5 Å². The zero-order valence-corrected chi connectivity index (χ0v) is 16.3. The van der Waals surface area contributed by atoms with Crippen molar-refractivity contribution < 1.29 is 19.0 Å². The number of imidazole rings is 1. The molecule has 1 aromatic carbocycles. The number of ether oxygens (including phenoxy) is 3. The van der Waals surface area contributed by atoms with E-state index in [2.05, 4.69) is 9.88 Å². The van der Waals surface area contributed by atoms with Gasteiger partial charge in [0, 0.05) is 19.3 Å². The monoisotopic (exact) mass is 389 g/mol. The molecule has 0 fully saturated rings. The molecule has 0 spiro atoms. The van der Waals surface area contributed by atoms with E-state index in [0.717, 1.165) is 29.4 Å². The number of aromatic nitrogens is 2. The lowest BCUT2D eigenvalue weighted by atomic mass is 10.2. The zero-order valence-electron chi connectivity index (χ0n) is 16.3. The Morgan fingerprint density at radius 2 is 2.25 bits per heavy atom. The number of nitrogen functional groups attached to an aromatic ring is 1. The van der Waals surface area contributed by atoms with E-state index in [1.807, 2.05) is 25.1 Å². The van der Waals surface area contributed by atoms with Crippen molar-refractivity contribution >= 4 is 17.3 Å². The Labute approximate surface area is 164 Å². The molecule has 3 rings (SSSR count). The molecule has 1 aliphatic heterocycles. The molecule has 1 aromatic heterocycles. The number of fused-ring (bicyclic) bond motifs is 1. The highest BCUT2D eigenvalue weighted by molar-refractivity contribution is 5.95. The summed E-state index contributed by atoms with van der Waals surface area (Å²) in [5.41, 5.74) is 2.61. The number of methoxy groups -OCH3 is 1. The van der Waals surface area contributed by atoms with E-state index in [0.29, 0.717) is 32.9 Å². The normalized spacial score (nSPS) is 13.1. The van der Waals surface area contributed by atoms with Crippen LogP contribution in [-0.2, 0) is 20.8 Å². The molecule has 0 saturated heterocycles. The maximum atomic E-state index is 12.6. The minimum absolute atomic E-state index is 0.0163. The summed E-state index contributed by atoms with van der Waals surface area (Å²) >= 11 is 0. The van der Waals surface area contributed by atoms with Crippen LogP contribution in [0.4, 0.5) is 11.4 Å². The molecular formula is C19H27N5O4. The molecule has 0 atom stereocenters. The van der Waals surface area contributed by atoms with Gasteiger partial charge in [-0.15, -0.1) is 0 Å². The van der Waals surface area contributed by atoms with E-state index in [4.69, 9.17) is 20.1 Å². The van der Waals surface area contributed by atoms with E-state index < -0.39 is 0 Å². The summed E-state index contributed by atoms with van der Waals surface area (Å²) in [7, 11) is 1.60. The molecule has 0 aliphatic carbocycles. The fraction of sp³-hybridized carbons (Fsp3) is 0.474. The second kappa shape index (κ2) is 9.43. The Morgan fingerprint density at radius 3 is 2.96 bits per heavy atom. The molecule has 28 heavy (non-hydrogen) atoms. The smallest absolute Gasteiger partial charge is 0.252 e. The quantitative estimate of drug-likeness (QED) is 0.505. The van der Waals surface area contributed by atoms with Gasteiger partial charge in [-0.1, -0.05) is 0 Å². The van der Waals surface area contributed by atoms with Crippen LogP contribution in [0.5, 0.6) is 5.75 Å². The van der Waals surface area contributed by atoms with Crippen LogP contribution in [0.3, 0.4) is 0 Å². The van der Waals surface area contributed by atoms with Crippen LogP contribution in [0.2, 0.25) is 0 Å². The number of benzene rings is 1. The lowest BCUT2D eigenvalue weighted by Crippen LogP contribution is -2.35. The predicted molar refractivity (Wildman–Crippen MR) is 106 cm³/mol. The number of likely N-dealkylation sites (N-methyl/N-ethyl adjacent to an activating group) is 1. The fourth-order valence-electron chi connectivity index (χ4n) is 3.13. The molecule has 2 heterocycles. The van der Waals surface area contributed by atoms with Crippen molar-refractivity contribution in [1.29, 1.82) is 0 Å². The van der Waals surface area contributed by atoms with Crippen molar-refractivity contribution in [3.63, 3.8) is 0 Å². The van der Waals surface area contributed by atoms with Gasteiger partial charge in [-0.05, 0) is 25.1 Å². The summed E-state index contributed by atoms with van der Waals surface area (Å²) in [4.78, 5) is 20.7. The third-order valence-electron chi connectivity index (χ3n) is 4.50. The highest BCUT2D eigenvalue weighted by Gasteiger charge is 2.22. The first-order valence-electron chi connectivity index (χ1n) is 9.29. The minimum Gasteiger partial charge on any atom is -0.490 e. The molecular weight excluding hydrogens is 362 g/mol. The molecule has 1 aliphatic rings. The molecule has 0 bridgehead atoms. The van der Waals surface area contributed by atoms with E-state index in [-0.39, 0.29) is 12.5 Å². The number of amides is 1. The summed E-state index contributed by atoms with van der Waals surface area (Å²) in [6, 6.07) is 5.78. The second-order valence-corrected chi connectivity index (χ2v) is 6.42. The average molecular weight is 389 g/mol. The zero-order chi connectivity index (χ0) is 19.9. The van der Waals surface area contributed by atoms with Gasteiger partial charge < -0.3 is 29.9 Å². The van der Waals surface area contributed by atoms with Crippen LogP contribution in [0.25, 0.3) is 0 Å². The molecule has 0 saturated carbocycles. The van der Waals surface area contributed by atoms with E-state index >= 15 is 0 Å². The minimum atomic E-state index is -0.0938. The van der Waals surface area contributed by atoms with Crippen molar-refractivity contribution in [2.75, 3.05) is 62.3 Å². The largest absolute Gasteiger partial charge is 0.490 e. The van der Waals surface area contributed by atoms with Gasteiger partial charge in [0.05, 0.1) is 43.9 Å². The fourth-order valence-corrected chi connectivity index (χ4v) is 3.13. The third kappa shape index (κ3) is 4.73. The number of anilines is 2. The SMILES string of the molecule is CCN(C(=O)COCCOC)c1ccc2c(c1)N(Cc1cn(N)cn1)CCO2. The summed E-state index contributed by atoms with van der Waals surface area (Å²) in [6.45, 7) is 5.29. The second-order valence-electron chi connectivity index (χ2n) is 6.42. The average Bonchev–Trinajstić information content (AvgIpc) is 3.11. The van der Waals surface area contributed by atoms with Crippen molar-refractivity contribution in [2.24, 2.45) is 0 Å². The van der Waals surface area contributed by atoms with Gasteiger partial charge in [0.25, 0.3) is 5.91 Å². The van der Waals surface area contributed by atoms with Crippen molar-refractivity contribution in [1.82, 2.24) is 9.66 Å². The molecule has 0 radical (unpaired) electrons. The molecule has 0 unspecified atom stereocenters. The molecule has 1 amide bonds. The predicted octanol–water partition coefficient (Wildman–Crippen LogP) is 1.01. The number of hydrogen-bond donors (Lipinski definition) is 1. The molecule has 2 N–H and O–H groups in total. The Morgan fingerprint density at radius 1 is 1.39 bits per heavy atom. The van der Waals surface area contributed by atoms with Gasteiger partial charge in [-0.3, -0.25) is 9.47 Å². The summed E-state index contributed by atoms with van der Waals surface area (Å²) in [6.07, 6.45) is 3.37. The van der Waals surface area contributed by atoms with Crippen LogP contribution in [0.15, 0.2) is 30.7 Å². The summed E-state index contributed by atoms with van der Waals surface area (Å²) in [5.74, 6) is 6.40. The van der Waals surface area contributed by atoms with Gasteiger partial charge in [-0.2, -0.15) is 0 Å². The Kier molecular flexibility index (Phi) is 6.72. The number of rotatable bonds is 9. The molecule has 9 heteroatoms. The van der Waals surface area contributed by atoms with Gasteiger partial charge in [0.2, 0.25) is 0 Å². The standard InChI is InChI=1S/C19H27N5O4/c1-3-24(19(25)13-27-9-8-26-2)16-4-5-18-17(10-16)22(6-7-28-18)11-15-12-23(20)14-21-15/h4-5,10,12,14H,3,6-9,11,13,20H2,1-2H3. The van der Waals surface area contributed by atoms with Crippen LogP contribution in [0, 0.1) is 0 Å². The first-order valence-corrected chi connectivity index (χ1v) is 9.29. The van der Waals surface area contributed by atoms with Crippen LogP contribution < -0.4 is 20.4 Å². The highest BCUT2D eigenvalue weighted by atomic mass is 16.5. The van der Waals surface area contributed by atoms with E-state index in [1.54, 1.807) is 24.5 Å². The lowest BCUT2D eigenvalue weighted by molar-refractivity contribution is -0.123. The number of hydrogen-bond acceptors (Lipinski definition) is 7. The number of nitrogens with two attached hydrogens (primary N) is 1. The van der Waals surface area contributed by atoms with E-state index in [9.17, 15) is 4.79 Å². The van der Waals surface area contributed by atoms with Gasteiger partial charge in [-0.25, -0.2) is 4.98 Å². The summed E-state index contributed by atoms with van der Waals surface area (Å²) in [5, 5.41) is 0. The maximum Gasteiger partial charge on any atom is 0.252 e. The number of carbonyl (C=O) groups is 1. The molecule has 9 nitrogen and oxygen atoms in total. The third-order valence-corrected chi connectivity index (χ3v) is 4.50. The van der Waals surface area contributed by atoms with Crippen LogP contribution >= 0.6 is 0 Å². The van der Waals surface area contributed by atoms with Gasteiger partial charge in [0.1, 0.15) is 25.3 Å².